The van der Waals surface area contributed by atoms with Gasteiger partial charge in [0.25, 0.3) is 0 Å². The van der Waals surface area contributed by atoms with Gasteiger partial charge in [-0.25, -0.2) is 17.9 Å². The monoisotopic (exact) mass is 436 g/mol. The van der Waals surface area contributed by atoms with E-state index in [1.165, 1.54) is 25.3 Å². The highest BCUT2D eigenvalue weighted by Crippen LogP contribution is 2.28. The molecule has 8 nitrogen and oxygen atoms in total. The predicted octanol–water partition coefficient (Wildman–Crippen LogP) is 3.13. The number of aromatic carboxylic acids is 1. The van der Waals surface area contributed by atoms with Gasteiger partial charge in [0.15, 0.2) is 11.5 Å². The first-order chi connectivity index (χ1) is 14.2. The molecule has 0 aliphatic rings. The topological polar surface area (TPSA) is 114 Å². The third-order valence-corrected chi connectivity index (χ3v) is 6.19. The summed E-state index contributed by atoms with van der Waals surface area (Å²) in [7, 11) is -0.854. The van der Waals surface area contributed by atoms with Crippen LogP contribution in [-0.2, 0) is 16.4 Å². The maximum Gasteiger partial charge on any atom is 0.335 e. The lowest BCUT2D eigenvalue weighted by Crippen LogP contribution is -2.28. The number of hydrogen-bond acceptors (Lipinski definition) is 6. The summed E-state index contributed by atoms with van der Waals surface area (Å²) in [6.45, 7) is 4.03. The van der Waals surface area contributed by atoms with E-state index in [0.29, 0.717) is 23.6 Å². The van der Waals surface area contributed by atoms with Crippen molar-refractivity contribution in [2.45, 2.75) is 37.6 Å². The minimum atomic E-state index is -3.93. The van der Waals surface area contributed by atoms with Gasteiger partial charge in [0.1, 0.15) is 4.90 Å². The highest BCUT2D eigenvalue weighted by molar-refractivity contribution is 7.89. The molecule has 0 spiro atoms. The van der Waals surface area contributed by atoms with Crippen LogP contribution in [0, 0.1) is 0 Å². The van der Waals surface area contributed by atoms with E-state index in [-0.39, 0.29) is 23.0 Å². The number of carboxylic acids is 1. The Morgan fingerprint density at radius 3 is 2.40 bits per heavy atom. The third-order valence-electron chi connectivity index (χ3n) is 4.69. The number of carboxylic acid groups (broad SMARTS) is 1. The highest BCUT2D eigenvalue weighted by Gasteiger charge is 2.21. The fraction of sp³-hybridized carbons (Fsp3) is 0.381. The van der Waals surface area contributed by atoms with E-state index in [0.717, 1.165) is 12.0 Å². The first kappa shape index (κ1) is 23.5. The zero-order chi connectivity index (χ0) is 22.3. The second-order valence-corrected chi connectivity index (χ2v) is 8.54. The van der Waals surface area contributed by atoms with Crippen LogP contribution in [-0.4, -0.2) is 46.3 Å². The maximum absolute atomic E-state index is 12.9. The summed E-state index contributed by atoms with van der Waals surface area (Å²) in [4.78, 5) is 11.2. The summed E-state index contributed by atoms with van der Waals surface area (Å²) in [5.74, 6) is -0.0352. The predicted molar refractivity (Wildman–Crippen MR) is 115 cm³/mol. The number of benzene rings is 2. The third kappa shape index (κ3) is 5.87. The van der Waals surface area contributed by atoms with E-state index >= 15 is 0 Å². The van der Waals surface area contributed by atoms with Crippen molar-refractivity contribution in [1.82, 2.24) is 4.72 Å². The summed E-state index contributed by atoms with van der Waals surface area (Å²) in [5.41, 5.74) is 1.14. The largest absolute Gasteiger partial charge is 0.493 e. The van der Waals surface area contributed by atoms with Gasteiger partial charge in [-0.3, -0.25) is 0 Å². The molecule has 0 radical (unpaired) electrons. The molecule has 0 saturated heterocycles. The molecule has 0 saturated carbocycles. The van der Waals surface area contributed by atoms with Crippen LogP contribution in [0.5, 0.6) is 11.5 Å². The van der Waals surface area contributed by atoms with E-state index in [1.807, 2.05) is 19.9 Å². The average molecular weight is 437 g/mol. The Bertz CT molecular complexity index is 991. The first-order valence-electron chi connectivity index (χ1n) is 9.56. The number of anilines is 1. The molecule has 0 amide bonds. The molecule has 0 aliphatic carbocycles. The minimum Gasteiger partial charge on any atom is -0.493 e. The Balaban J connectivity index is 2.21. The van der Waals surface area contributed by atoms with Crippen molar-refractivity contribution in [3.8, 4) is 11.5 Å². The molecule has 1 atom stereocenters. The SMILES string of the molecule is CC[C@@H](C)Nc1ccc(C(=O)O)cc1S(=O)(=O)NCCc1ccc(OC)c(OC)c1. The van der Waals surface area contributed by atoms with E-state index in [2.05, 4.69) is 10.0 Å². The summed E-state index contributed by atoms with van der Waals surface area (Å²) < 4.78 is 38.9. The second-order valence-electron chi connectivity index (χ2n) is 6.81. The van der Waals surface area contributed by atoms with Crippen LogP contribution in [0.3, 0.4) is 0 Å². The van der Waals surface area contributed by atoms with Gasteiger partial charge >= 0.3 is 5.97 Å². The quantitative estimate of drug-likeness (QED) is 0.496. The number of rotatable bonds is 11. The molecular formula is C21H28N2O6S. The lowest BCUT2D eigenvalue weighted by atomic mass is 10.1. The Hall–Kier alpha value is -2.78. The van der Waals surface area contributed by atoms with Crippen molar-refractivity contribution in [3.63, 3.8) is 0 Å². The molecule has 2 aromatic rings. The maximum atomic E-state index is 12.9. The van der Waals surface area contributed by atoms with E-state index in [9.17, 15) is 18.3 Å². The Morgan fingerprint density at radius 2 is 1.80 bits per heavy atom. The minimum absolute atomic E-state index is 0.0291. The lowest BCUT2D eigenvalue weighted by molar-refractivity contribution is 0.0696. The van der Waals surface area contributed by atoms with E-state index in [1.54, 1.807) is 19.2 Å². The van der Waals surface area contributed by atoms with Gasteiger partial charge in [-0.2, -0.15) is 0 Å². The number of nitrogens with one attached hydrogen (secondary N) is 2. The van der Waals surface area contributed by atoms with Gasteiger partial charge in [-0.15, -0.1) is 0 Å². The van der Waals surface area contributed by atoms with Crippen molar-refractivity contribution in [2.24, 2.45) is 0 Å². The van der Waals surface area contributed by atoms with Crippen LogP contribution in [0.25, 0.3) is 0 Å². The van der Waals surface area contributed by atoms with Gasteiger partial charge < -0.3 is 19.9 Å². The molecule has 30 heavy (non-hydrogen) atoms. The van der Waals surface area contributed by atoms with Crippen LogP contribution in [0.4, 0.5) is 5.69 Å². The average Bonchev–Trinajstić information content (AvgIpc) is 2.73. The molecule has 0 heterocycles. The van der Waals surface area contributed by atoms with Crippen molar-refractivity contribution in [2.75, 3.05) is 26.1 Å². The van der Waals surface area contributed by atoms with Crippen LogP contribution in [0.1, 0.15) is 36.2 Å². The summed E-state index contributed by atoms with van der Waals surface area (Å²) >= 11 is 0. The normalized spacial score (nSPS) is 12.3. The second kappa shape index (κ2) is 10.3. The molecule has 164 valence electrons. The number of sulfonamides is 1. The van der Waals surface area contributed by atoms with Crippen molar-refractivity contribution >= 4 is 21.7 Å². The van der Waals surface area contributed by atoms with Gasteiger partial charge in [-0.1, -0.05) is 13.0 Å². The molecule has 0 fully saturated rings. The molecule has 0 bridgehead atoms. The number of ether oxygens (including phenoxy) is 2. The molecule has 2 rings (SSSR count). The molecule has 9 heteroatoms. The Kier molecular flexibility index (Phi) is 8.08. The van der Waals surface area contributed by atoms with Gasteiger partial charge in [0.2, 0.25) is 10.0 Å². The van der Waals surface area contributed by atoms with Gasteiger partial charge in [0, 0.05) is 12.6 Å². The smallest absolute Gasteiger partial charge is 0.335 e. The fourth-order valence-electron chi connectivity index (χ4n) is 2.81. The molecular weight excluding hydrogens is 408 g/mol. The van der Waals surface area contributed by atoms with Crippen molar-refractivity contribution in [1.29, 1.82) is 0 Å². The lowest BCUT2D eigenvalue weighted by Gasteiger charge is -2.18. The summed E-state index contributed by atoms with van der Waals surface area (Å²) in [6.07, 6.45) is 1.21. The van der Waals surface area contributed by atoms with Crippen molar-refractivity contribution in [3.05, 3.63) is 47.5 Å². The zero-order valence-electron chi connectivity index (χ0n) is 17.6. The Labute approximate surface area is 177 Å². The van der Waals surface area contributed by atoms with E-state index < -0.39 is 16.0 Å². The number of methoxy groups -OCH3 is 2. The molecule has 2 aromatic carbocycles. The van der Waals surface area contributed by atoms with Crippen molar-refractivity contribution < 1.29 is 27.8 Å². The molecule has 0 aliphatic heterocycles. The Morgan fingerprint density at radius 1 is 1.10 bits per heavy atom. The number of hydrogen-bond donors (Lipinski definition) is 3. The highest BCUT2D eigenvalue weighted by atomic mass is 32.2. The van der Waals surface area contributed by atoms with Crippen LogP contribution < -0.4 is 19.5 Å². The molecule has 0 aromatic heterocycles. The number of carbonyl (C=O) groups is 1. The standard InChI is InChI=1S/C21H28N2O6S/c1-5-14(2)23-17-8-7-16(21(24)25)13-20(17)30(26,27)22-11-10-15-6-9-18(28-3)19(12-15)29-4/h6-9,12-14,22-23H,5,10-11H2,1-4H3,(H,24,25)/t14-/m1/s1. The summed E-state index contributed by atoms with van der Waals surface area (Å²) in [5, 5.41) is 12.4. The fourth-order valence-corrected chi connectivity index (χ4v) is 4.03. The van der Waals surface area contributed by atoms with Crippen LogP contribution >= 0.6 is 0 Å². The van der Waals surface area contributed by atoms with E-state index in [4.69, 9.17) is 9.47 Å². The summed E-state index contributed by atoms with van der Waals surface area (Å²) in [6, 6.07) is 9.44. The van der Waals surface area contributed by atoms with Gasteiger partial charge in [0.05, 0.1) is 25.5 Å². The molecule has 3 N–H and O–H groups in total. The molecule has 0 unspecified atom stereocenters. The zero-order valence-corrected chi connectivity index (χ0v) is 18.4. The van der Waals surface area contributed by atoms with Crippen LogP contribution in [0.2, 0.25) is 0 Å². The van der Waals surface area contributed by atoms with Gasteiger partial charge in [-0.05, 0) is 55.7 Å². The van der Waals surface area contributed by atoms with Crippen LogP contribution in [0.15, 0.2) is 41.3 Å². The first-order valence-corrected chi connectivity index (χ1v) is 11.0.